The molecule has 4 rings (SSSR count). The molecule has 1 saturated heterocycles. The van der Waals surface area contributed by atoms with Crippen molar-refractivity contribution in [3.05, 3.63) is 59.2 Å². The molecule has 0 radical (unpaired) electrons. The van der Waals surface area contributed by atoms with Crippen LogP contribution >= 0.6 is 0 Å². The number of benzene rings is 2. The number of hydrogen-bond acceptors (Lipinski definition) is 4. The van der Waals surface area contributed by atoms with Crippen molar-refractivity contribution in [3.8, 4) is 11.5 Å². The molecule has 2 aromatic carbocycles. The van der Waals surface area contributed by atoms with E-state index < -0.39 is 6.10 Å². The van der Waals surface area contributed by atoms with Gasteiger partial charge in [0.2, 0.25) is 0 Å². The van der Waals surface area contributed by atoms with Crippen LogP contribution in [0.2, 0.25) is 0 Å². The highest BCUT2D eigenvalue weighted by Gasteiger charge is 2.45. The van der Waals surface area contributed by atoms with Gasteiger partial charge in [-0.25, -0.2) is 0 Å². The average molecular weight is 326 g/mol. The third kappa shape index (κ3) is 2.38. The normalized spacial score (nSPS) is 28.1. The number of aliphatic hydroxyl groups excluding tert-OH is 1. The Morgan fingerprint density at radius 3 is 2.33 bits per heavy atom. The minimum Gasteiger partial charge on any atom is -0.497 e. The molecule has 0 spiro atoms. The van der Waals surface area contributed by atoms with Gasteiger partial charge in [-0.15, -0.1) is 0 Å². The Morgan fingerprint density at radius 1 is 0.917 bits per heavy atom. The first-order chi connectivity index (χ1) is 11.7. The highest BCUT2D eigenvalue weighted by atomic mass is 16.5. The molecule has 4 unspecified atom stereocenters. The molecular weight excluding hydrogens is 304 g/mol. The van der Waals surface area contributed by atoms with E-state index in [0.29, 0.717) is 19.1 Å². The summed E-state index contributed by atoms with van der Waals surface area (Å²) < 4.78 is 16.4. The summed E-state index contributed by atoms with van der Waals surface area (Å²) in [4.78, 5) is 0. The van der Waals surface area contributed by atoms with Gasteiger partial charge in [-0.1, -0.05) is 18.2 Å². The first kappa shape index (κ1) is 15.5. The van der Waals surface area contributed by atoms with Gasteiger partial charge in [-0.05, 0) is 41.0 Å². The van der Waals surface area contributed by atoms with Gasteiger partial charge in [0, 0.05) is 17.8 Å². The number of fused-ring (bicyclic) bond motifs is 3. The van der Waals surface area contributed by atoms with Crippen LogP contribution in [-0.4, -0.2) is 32.5 Å². The van der Waals surface area contributed by atoms with Gasteiger partial charge in [-0.2, -0.15) is 0 Å². The van der Waals surface area contributed by atoms with Crippen molar-refractivity contribution >= 4 is 0 Å². The Hall–Kier alpha value is -2.04. The zero-order chi connectivity index (χ0) is 16.7. The third-order valence-corrected chi connectivity index (χ3v) is 5.44. The maximum atomic E-state index is 11.1. The summed E-state index contributed by atoms with van der Waals surface area (Å²) >= 11 is 0. The summed E-state index contributed by atoms with van der Waals surface area (Å²) in [5.74, 6) is 2.26. The summed E-state index contributed by atoms with van der Waals surface area (Å²) in [5, 5.41) is 11.1. The van der Waals surface area contributed by atoms with Crippen molar-refractivity contribution in [2.45, 2.75) is 17.9 Å². The lowest BCUT2D eigenvalue weighted by atomic mass is 9.66. The fourth-order valence-electron chi connectivity index (χ4n) is 4.20. The fraction of sp³-hybridized carbons (Fsp3) is 0.400. The van der Waals surface area contributed by atoms with Crippen molar-refractivity contribution < 1.29 is 19.3 Å². The van der Waals surface area contributed by atoms with Crippen LogP contribution in [0.5, 0.6) is 11.5 Å². The number of methoxy groups -OCH3 is 2. The lowest BCUT2D eigenvalue weighted by Gasteiger charge is -2.38. The predicted molar refractivity (Wildman–Crippen MR) is 90.7 cm³/mol. The monoisotopic (exact) mass is 326 g/mol. The number of rotatable bonds is 3. The molecule has 1 aliphatic carbocycles. The number of hydrogen-bond donors (Lipinski definition) is 1. The second-order valence-electron chi connectivity index (χ2n) is 6.55. The summed E-state index contributed by atoms with van der Waals surface area (Å²) in [6.07, 6.45) is -0.540. The van der Waals surface area contributed by atoms with E-state index in [1.165, 1.54) is 0 Å². The average Bonchev–Trinajstić information content (AvgIpc) is 3.11. The van der Waals surface area contributed by atoms with Crippen molar-refractivity contribution in [3.63, 3.8) is 0 Å². The minimum absolute atomic E-state index is 0.0318. The molecule has 0 bridgehead atoms. The topological polar surface area (TPSA) is 47.9 Å². The van der Waals surface area contributed by atoms with Crippen molar-refractivity contribution in [2.75, 3.05) is 27.4 Å². The van der Waals surface area contributed by atoms with Crippen LogP contribution in [0.15, 0.2) is 42.5 Å². The third-order valence-electron chi connectivity index (χ3n) is 5.44. The summed E-state index contributed by atoms with van der Waals surface area (Å²) in [6, 6.07) is 14.0. The molecule has 4 nitrogen and oxygen atoms in total. The molecule has 1 aliphatic heterocycles. The van der Waals surface area contributed by atoms with Crippen LogP contribution in [0.1, 0.15) is 34.6 Å². The summed E-state index contributed by atoms with van der Waals surface area (Å²) in [7, 11) is 3.33. The minimum atomic E-state index is -0.540. The van der Waals surface area contributed by atoms with Crippen LogP contribution < -0.4 is 9.47 Å². The summed E-state index contributed by atoms with van der Waals surface area (Å²) in [5.41, 5.74) is 3.28. The molecule has 0 amide bonds. The van der Waals surface area contributed by atoms with Crippen LogP contribution in [0.3, 0.4) is 0 Å². The van der Waals surface area contributed by atoms with Gasteiger partial charge in [0.05, 0.1) is 33.5 Å². The Bertz CT molecular complexity index is 725. The fourth-order valence-corrected chi connectivity index (χ4v) is 4.20. The van der Waals surface area contributed by atoms with Crippen LogP contribution in [0.4, 0.5) is 0 Å². The molecule has 4 heteroatoms. The molecule has 1 heterocycles. The molecule has 1 fully saturated rings. The van der Waals surface area contributed by atoms with Gasteiger partial charge in [0.25, 0.3) is 0 Å². The highest BCUT2D eigenvalue weighted by molar-refractivity contribution is 5.45. The second-order valence-corrected chi connectivity index (χ2v) is 6.55. The molecule has 24 heavy (non-hydrogen) atoms. The van der Waals surface area contributed by atoms with Crippen molar-refractivity contribution in [1.82, 2.24) is 0 Å². The Balaban J connectivity index is 1.78. The maximum absolute atomic E-state index is 11.1. The standard InChI is InChI=1S/C20H22O4/c1-22-13-5-3-12(4-6-13)19-18-11-24-10-17(18)16-9-14(23-2)7-8-15(16)20(19)21/h3-9,17-21H,10-11H2,1-2H3. The van der Waals surface area contributed by atoms with E-state index in [1.54, 1.807) is 14.2 Å². The zero-order valence-corrected chi connectivity index (χ0v) is 13.9. The maximum Gasteiger partial charge on any atom is 0.119 e. The van der Waals surface area contributed by atoms with Gasteiger partial charge in [-0.3, -0.25) is 0 Å². The highest BCUT2D eigenvalue weighted by Crippen LogP contribution is 2.53. The molecule has 0 saturated carbocycles. The number of aliphatic hydroxyl groups is 1. The van der Waals surface area contributed by atoms with E-state index in [0.717, 1.165) is 28.2 Å². The van der Waals surface area contributed by atoms with E-state index >= 15 is 0 Å². The van der Waals surface area contributed by atoms with E-state index in [9.17, 15) is 5.11 Å². The van der Waals surface area contributed by atoms with Crippen LogP contribution in [0.25, 0.3) is 0 Å². The largest absolute Gasteiger partial charge is 0.497 e. The first-order valence-corrected chi connectivity index (χ1v) is 8.30. The molecule has 2 aliphatic rings. The lowest BCUT2D eigenvalue weighted by molar-refractivity contribution is 0.0932. The SMILES string of the molecule is COc1ccc(C2C(O)c3ccc(OC)cc3C3COCC32)cc1. The van der Waals surface area contributed by atoms with E-state index in [1.807, 2.05) is 24.3 Å². The molecule has 4 atom stereocenters. The van der Waals surface area contributed by atoms with Gasteiger partial charge < -0.3 is 19.3 Å². The van der Waals surface area contributed by atoms with E-state index in [4.69, 9.17) is 14.2 Å². The van der Waals surface area contributed by atoms with Gasteiger partial charge in [0.15, 0.2) is 0 Å². The molecule has 2 aromatic rings. The number of ether oxygens (including phenoxy) is 3. The Kier molecular flexibility index (Phi) is 3.94. The Labute approximate surface area is 142 Å². The van der Waals surface area contributed by atoms with E-state index in [2.05, 4.69) is 18.2 Å². The van der Waals surface area contributed by atoms with Crippen molar-refractivity contribution in [1.29, 1.82) is 0 Å². The predicted octanol–water partition coefficient (Wildman–Crippen LogP) is 3.26. The second kappa shape index (κ2) is 6.11. The molecular formula is C20H22O4. The quantitative estimate of drug-likeness (QED) is 0.940. The van der Waals surface area contributed by atoms with E-state index in [-0.39, 0.29) is 11.8 Å². The molecule has 126 valence electrons. The molecule has 1 N–H and O–H groups in total. The van der Waals surface area contributed by atoms with Gasteiger partial charge >= 0.3 is 0 Å². The lowest BCUT2D eigenvalue weighted by Crippen LogP contribution is -2.31. The van der Waals surface area contributed by atoms with Crippen LogP contribution in [-0.2, 0) is 4.74 Å². The smallest absolute Gasteiger partial charge is 0.119 e. The first-order valence-electron chi connectivity index (χ1n) is 8.30. The van der Waals surface area contributed by atoms with Crippen molar-refractivity contribution in [2.24, 2.45) is 5.92 Å². The molecule has 0 aromatic heterocycles. The summed E-state index contributed by atoms with van der Waals surface area (Å²) in [6.45, 7) is 1.37. The van der Waals surface area contributed by atoms with Gasteiger partial charge in [0.1, 0.15) is 11.5 Å². The van der Waals surface area contributed by atoms with Crippen LogP contribution in [0, 0.1) is 5.92 Å². The Morgan fingerprint density at radius 2 is 1.62 bits per heavy atom. The zero-order valence-electron chi connectivity index (χ0n) is 13.9.